The fourth-order valence-corrected chi connectivity index (χ4v) is 1.51. The molecule has 5 heteroatoms. The average Bonchev–Trinajstić information content (AvgIpc) is 2.27. The molecule has 0 saturated heterocycles. The molecule has 0 radical (unpaired) electrons. The van der Waals surface area contributed by atoms with Crippen molar-refractivity contribution in [2.45, 2.75) is 13.8 Å². The van der Waals surface area contributed by atoms with Crippen LogP contribution < -0.4 is 10.5 Å². The van der Waals surface area contributed by atoms with Crippen LogP contribution in [0.1, 0.15) is 21.5 Å². The summed E-state index contributed by atoms with van der Waals surface area (Å²) in [4.78, 5) is 22.0. The van der Waals surface area contributed by atoms with Crippen molar-refractivity contribution in [2.24, 2.45) is 5.73 Å². The number of aryl methyl sites for hydroxylation is 2. The zero-order valence-corrected chi connectivity index (χ0v) is 10.1. The number of amides is 1. The molecule has 0 bridgehead atoms. The minimum atomic E-state index is -0.490. The maximum Gasteiger partial charge on any atom is 0.343 e. The second kappa shape index (κ2) is 5.34. The fourth-order valence-electron chi connectivity index (χ4n) is 1.51. The third-order valence-corrected chi connectivity index (χ3v) is 2.31. The van der Waals surface area contributed by atoms with Crippen LogP contribution in [-0.2, 0) is 9.53 Å². The number of primary amides is 1. The number of carbonyl (C=O) groups excluding carboxylic acids is 2. The number of nitrogens with two attached hydrogens (primary N) is 1. The van der Waals surface area contributed by atoms with E-state index in [0.29, 0.717) is 11.3 Å². The quantitative estimate of drug-likeness (QED) is 0.791. The molecule has 0 atom stereocenters. The van der Waals surface area contributed by atoms with Gasteiger partial charge in [-0.15, -0.1) is 0 Å². The lowest BCUT2D eigenvalue weighted by Crippen LogP contribution is -2.15. The molecular formula is C12H15NO4. The molecule has 0 aliphatic heterocycles. The third-order valence-electron chi connectivity index (χ3n) is 2.31. The van der Waals surface area contributed by atoms with Gasteiger partial charge in [0.15, 0.2) is 6.61 Å². The lowest BCUT2D eigenvalue weighted by molar-refractivity contribution is -0.142. The number of hydrogen-bond acceptors (Lipinski definition) is 4. The highest BCUT2D eigenvalue weighted by molar-refractivity contribution is 5.93. The summed E-state index contributed by atoms with van der Waals surface area (Å²) < 4.78 is 9.80. The number of benzene rings is 1. The molecule has 0 heterocycles. The van der Waals surface area contributed by atoms with Gasteiger partial charge in [0, 0.05) is 5.56 Å². The number of ether oxygens (including phenoxy) is 2. The first-order chi connectivity index (χ1) is 7.95. The summed E-state index contributed by atoms with van der Waals surface area (Å²) in [6, 6.07) is 3.25. The molecule has 0 aliphatic rings. The highest BCUT2D eigenvalue weighted by atomic mass is 16.6. The molecule has 0 aromatic heterocycles. The van der Waals surface area contributed by atoms with Gasteiger partial charge in [-0.2, -0.15) is 0 Å². The molecular weight excluding hydrogens is 222 g/mol. The first-order valence-electron chi connectivity index (χ1n) is 5.06. The van der Waals surface area contributed by atoms with Crippen molar-refractivity contribution in [3.63, 3.8) is 0 Å². The Balaban J connectivity index is 2.94. The van der Waals surface area contributed by atoms with Gasteiger partial charge in [0.1, 0.15) is 5.75 Å². The highest BCUT2D eigenvalue weighted by Crippen LogP contribution is 2.24. The Hall–Kier alpha value is -2.04. The van der Waals surface area contributed by atoms with Crippen LogP contribution in [0.4, 0.5) is 0 Å². The maximum absolute atomic E-state index is 11.0. The van der Waals surface area contributed by atoms with E-state index >= 15 is 0 Å². The van der Waals surface area contributed by atoms with Crippen molar-refractivity contribution in [3.8, 4) is 5.75 Å². The number of carbonyl (C=O) groups is 2. The van der Waals surface area contributed by atoms with Crippen molar-refractivity contribution < 1.29 is 19.1 Å². The zero-order valence-electron chi connectivity index (χ0n) is 10.1. The topological polar surface area (TPSA) is 78.6 Å². The van der Waals surface area contributed by atoms with Gasteiger partial charge in [0.2, 0.25) is 5.91 Å². The summed E-state index contributed by atoms with van der Waals surface area (Å²) in [5.41, 5.74) is 7.12. The standard InChI is InChI=1S/C12H15NO4/c1-7-4-9(12(13)15)5-8(2)11(7)17-6-10(14)16-3/h4-5H,6H2,1-3H3,(H2,13,15). The van der Waals surface area contributed by atoms with E-state index in [2.05, 4.69) is 4.74 Å². The second-order valence-corrected chi connectivity index (χ2v) is 3.67. The van der Waals surface area contributed by atoms with Crippen molar-refractivity contribution >= 4 is 11.9 Å². The van der Waals surface area contributed by atoms with E-state index in [4.69, 9.17) is 10.5 Å². The molecule has 17 heavy (non-hydrogen) atoms. The SMILES string of the molecule is COC(=O)COc1c(C)cc(C(N)=O)cc1C. The molecule has 1 amide bonds. The van der Waals surface area contributed by atoms with E-state index in [9.17, 15) is 9.59 Å². The number of esters is 1. The van der Waals surface area contributed by atoms with Gasteiger partial charge in [-0.1, -0.05) is 0 Å². The van der Waals surface area contributed by atoms with Gasteiger partial charge in [0.25, 0.3) is 0 Å². The summed E-state index contributed by atoms with van der Waals surface area (Å²) in [6.07, 6.45) is 0. The normalized spacial score (nSPS) is 9.82. The Bertz CT molecular complexity index is 431. The Labute approximate surface area is 99.5 Å². The van der Waals surface area contributed by atoms with Crippen molar-refractivity contribution in [1.29, 1.82) is 0 Å². The van der Waals surface area contributed by atoms with Gasteiger partial charge in [-0.3, -0.25) is 4.79 Å². The van der Waals surface area contributed by atoms with Crippen molar-refractivity contribution in [1.82, 2.24) is 0 Å². The van der Waals surface area contributed by atoms with Crippen LogP contribution in [-0.4, -0.2) is 25.6 Å². The third kappa shape index (κ3) is 3.21. The predicted octanol–water partition coefficient (Wildman–Crippen LogP) is 0.954. The molecule has 5 nitrogen and oxygen atoms in total. The van der Waals surface area contributed by atoms with Crippen LogP contribution in [0.15, 0.2) is 12.1 Å². The highest BCUT2D eigenvalue weighted by Gasteiger charge is 2.11. The predicted molar refractivity (Wildman–Crippen MR) is 61.9 cm³/mol. The minimum Gasteiger partial charge on any atom is -0.481 e. The fraction of sp³-hybridized carbons (Fsp3) is 0.333. The first-order valence-corrected chi connectivity index (χ1v) is 5.06. The van der Waals surface area contributed by atoms with E-state index < -0.39 is 11.9 Å². The van der Waals surface area contributed by atoms with Crippen molar-refractivity contribution in [3.05, 3.63) is 28.8 Å². The van der Waals surface area contributed by atoms with E-state index in [1.165, 1.54) is 7.11 Å². The molecule has 0 saturated carbocycles. The van der Waals surface area contributed by atoms with Crippen LogP contribution in [0.5, 0.6) is 5.75 Å². The van der Waals surface area contributed by atoms with Crippen LogP contribution >= 0.6 is 0 Å². The largest absolute Gasteiger partial charge is 0.481 e. The molecule has 0 spiro atoms. The molecule has 0 unspecified atom stereocenters. The first kappa shape index (κ1) is 13.0. The van der Waals surface area contributed by atoms with Crippen LogP contribution in [0, 0.1) is 13.8 Å². The summed E-state index contributed by atoms with van der Waals surface area (Å²) in [5, 5.41) is 0. The lowest BCUT2D eigenvalue weighted by atomic mass is 10.1. The van der Waals surface area contributed by atoms with Gasteiger partial charge in [-0.05, 0) is 37.1 Å². The summed E-state index contributed by atoms with van der Waals surface area (Å²) in [6.45, 7) is 3.41. The molecule has 0 fully saturated rings. The van der Waals surface area contributed by atoms with Crippen LogP contribution in [0.3, 0.4) is 0 Å². The van der Waals surface area contributed by atoms with Crippen LogP contribution in [0.25, 0.3) is 0 Å². The molecule has 92 valence electrons. The minimum absolute atomic E-state index is 0.159. The van der Waals surface area contributed by atoms with E-state index in [1.54, 1.807) is 26.0 Å². The number of rotatable bonds is 4. The Morgan fingerprint density at radius 2 is 1.76 bits per heavy atom. The lowest BCUT2D eigenvalue weighted by Gasteiger charge is -2.12. The number of methoxy groups -OCH3 is 1. The molecule has 1 rings (SSSR count). The monoisotopic (exact) mass is 237 g/mol. The maximum atomic E-state index is 11.0. The molecule has 0 aliphatic carbocycles. The summed E-state index contributed by atoms with van der Waals surface area (Å²) >= 11 is 0. The second-order valence-electron chi connectivity index (χ2n) is 3.67. The van der Waals surface area contributed by atoms with Gasteiger partial charge < -0.3 is 15.2 Å². The molecule has 1 aromatic rings. The molecule has 1 aromatic carbocycles. The number of hydrogen-bond donors (Lipinski definition) is 1. The van der Waals surface area contributed by atoms with Crippen LogP contribution in [0.2, 0.25) is 0 Å². The Morgan fingerprint density at radius 3 is 2.18 bits per heavy atom. The summed E-state index contributed by atoms with van der Waals surface area (Å²) in [7, 11) is 1.29. The zero-order chi connectivity index (χ0) is 13.0. The van der Waals surface area contributed by atoms with E-state index in [1.807, 2.05) is 0 Å². The molecule has 2 N–H and O–H groups in total. The van der Waals surface area contributed by atoms with Gasteiger partial charge in [0.05, 0.1) is 7.11 Å². The van der Waals surface area contributed by atoms with E-state index in [-0.39, 0.29) is 6.61 Å². The smallest absolute Gasteiger partial charge is 0.343 e. The summed E-state index contributed by atoms with van der Waals surface area (Å²) in [5.74, 6) is -0.376. The Kier molecular flexibility index (Phi) is 4.09. The van der Waals surface area contributed by atoms with Crippen molar-refractivity contribution in [2.75, 3.05) is 13.7 Å². The average molecular weight is 237 g/mol. The van der Waals surface area contributed by atoms with Gasteiger partial charge >= 0.3 is 5.97 Å². The van der Waals surface area contributed by atoms with Gasteiger partial charge in [-0.25, -0.2) is 4.79 Å². The van der Waals surface area contributed by atoms with E-state index in [0.717, 1.165) is 11.1 Å². The Morgan fingerprint density at radius 1 is 1.24 bits per heavy atom.